The summed E-state index contributed by atoms with van der Waals surface area (Å²) in [5.41, 5.74) is 1.39. The molecule has 4 unspecified atom stereocenters. The number of rotatable bonds is 2. The molecule has 0 radical (unpaired) electrons. The summed E-state index contributed by atoms with van der Waals surface area (Å²) in [6.07, 6.45) is 9.75. The van der Waals surface area contributed by atoms with Gasteiger partial charge in [0.15, 0.2) is 0 Å². The summed E-state index contributed by atoms with van der Waals surface area (Å²) in [7, 11) is 2.08. The molecule has 2 saturated carbocycles. The average molecular weight is 262 g/mol. The quantitative estimate of drug-likeness (QED) is 0.880. The standard InChI is InChI=1S/C15H22N2S/c1-16-12-3-2-4-13-14(12)17-15(18-13)11-8-9-5-6-10(11)7-9/h9-12,16H,2-8H2,1H3. The molecule has 1 N–H and O–H groups in total. The third-order valence-electron chi connectivity index (χ3n) is 5.37. The van der Waals surface area contributed by atoms with Gasteiger partial charge in [0.25, 0.3) is 0 Å². The second kappa shape index (κ2) is 4.31. The highest BCUT2D eigenvalue weighted by Gasteiger charge is 2.42. The number of hydrogen-bond acceptors (Lipinski definition) is 3. The van der Waals surface area contributed by atoms with Crippen molar-refractivity contribution in [3.63, 3.8) is 0 Å². The number of aryl methyl sites for hydroxylation is 1. The smallest absolute Gasteiger partial charge is 0.0965 e. The van der Waals surface area contributed by atoms with Crippen molar-refractivity contribution in [3.8, 4) is 0 Å². The van der Waals surface area contributed by atoms with E-state index in [-0.39, 0.29) is 0 Å². The van der Waals surface area contributed by atoms with Crippen LogP contribution in [0.2, 0.25) is 0 Å². The van der Waals surface area contributed by atoms with Gasteiger partial charge in [-0.05, 0) is 57.4 Å². The number of fused-ring (bicyclic) bond motifs is 3. The van der Waals surface area contributed by atoms with Gasteiger partial charge < -0.3 is 5.32 Å². The molecule has 2 bridgehead atoms. The first-order valence-corrected chi connectivity index (χ1v) is 8.33. The largest absolute Gasteiger partial charge is 0.312 e. The van der Waals surface area contributed by atoms with Gasteiger partial charge in [-0.1, -0.05) is 6.42 Å². The van der Waals surface area contributed by atoms with E-state index < -0.39 is 0 Å². The Labute approximate surface area is 113 Å². The van der Waals surface area contributed by atoms with Crippen LogP contribution in [0.4, 0.5) is 0 Å². The molecule has 0 saturated heterocycles. The molecule has 4 atom stereocenters. The van der Waals surface area contributed by atoms with Gasteiger partial charge in [0.1, 0.15) is 0 Å². The minimum atomic E-state index is 0.525. The van der Waals surface area contributed by atoms with Crippen LogP contribution in [-0.4, -0.2) is 12.0 Å². The maximum Gasteiger partial charge on any atom is 0.0965 e. The average Bonchev–Trinajstić information content (AvgIpc) is 3.11. The van der Waals surface area contributed by atoms with Gasteiger partial charge in [0.05, 0.1) is 16.7 Å². The molecular weight excluding hydrogens is 240 g/mol. The summed E-state index contributed by atoms with van der Waals surface area (Å²) < 4.78 is 0. The minimum Gasteiger partial charge on any atom is -0.312 e. The zero-order chi connectivity index (χ0) is 12.1. The van der Waals surface area contributed by atoms with Gasteiger partial charge in [-0.2, -0.15) is 0 Å². The van der Waals surface area contributed by atoms with E-state index in [1.54, 1.807) is 4.88 Å². The van der Waals surface area contributed by atoms with Crippen molar-refractivity contribution >= 4 is 11.3 Å². The lowest BCUT2D eigenvalue weighted by Gasteiger charge is -2.20. The molecule has 0 aromatic carbocycles. The van der Waals surface area contributed by atoms with Crippen molar-refractivity contribution in [2.75, 3.05) is 7.05 Å². The number of hydrogen-bond donors (Lipinski definition) is 1. The second-order valence-corrected chi connectivity index (χ2v) is 7.49. The molecule has 0 aliphatic heterocycles. The molecule has 1 aromatic rings. The summed E-state index contributed by atoms with van der Waals surface area (Å²) in [5, 5.41) is 4.92. The molecule has 18 heavy (non-hydrogen) atoms. The van der Waals surface area contributed by atoms with Crippen LogP contribution in [0.1, 0.15) is 66.1 Å². The van der Waals surface area contributed by atoms with Crippen molar-refractivity contribution in [1.29, 1.82) is 0 Å². The monoisotopic (exact) mass is 262 g/mol. The number of aromatic nitrogens is 1. The van der Waals surface area contributed by atoms with E-state index in [9.17, 15) is 0 Å². The SMILES string of the molecule is CNC1CCCc2sc(C3CC4CCC3C4)nc21. The number of nitrogens with zero attached hydrogens (tertiary/aromatic N) is 1. The molecule has 2 fully saturated rings. The lowest BCUT2D eigenvalue weighted by atomic mass is 9.89. The van der Waals surface area contributed by atoms with Gasteiger partial charge in [0.2, 0.25) is 0 Å². The van der Waals surface area contributed by atoms with E-state index in [1.807, 2.05) is 11.3 Å². The first kappa shape index (κ1) is 11.4. The van der Waals surface area contributed by atoms with Crippen LogP contribution in [0.15, 0.2) is 0 Å². The van der Waals surface area contributed by atoms with Crippen molar-refractivity contribution in [1.82, 2.24) is 10.3 Å². The van der Waals surface area contributed by atoms with Crippen molar-refractivity contribution in [2.24, 2.45) is 11.8 Å². The van der Waals surface area contributed by atoms with Gasteiger partial charge >= 0.3 is 0 Å². The Hall–Kier alpha value is -0.410. The molecule has 3 aliphatic rings. The number of thiazole rings is 1. The Morgan fingerprint density at radius 1 is 1.22 bits per heavy atom. The molecule has 4 rings (SSSR count). The molecule has 98 valence electrons. The second-order valence-electron chi connectivity index (χ2n) is 6.38. The summed E-state index contributed by atoms with van der Waals surface area (Å²) in [6, 6.07) is 0.525. The van der Waals surface area contributed by atoms with Gasteiger partial charge in [0, 0.05) is 10.8 Å². The summed E-state index contributed by atoms with van der Waals surface area (Å²) in [5.74, 6) is 2.81. The first-order valence-electron chi connectivity index (χ1n) is 7.52. The summed E-state index contributed by atoms with van der Waals surface area (Å²) in [6.45, 7) is 0. The van der Waals surface area contributed by atoms with E-state index in [4.69, 9.17) is 4.98 Å². The van der Waals surface area contributed by atoms with E-state index in [2.05, 4.69) is 12.4 Å². The van der Waals surface area contributed by atoms with Crippen molar-refractivity contribution < 1.29 is 0 Å². The van der Waals surface area contributed by atoms with Crippen LogP contribution in [-0.2, 0) is 6.42 Å². The van der Waals surface area contributed by atoms with E-state index in [0.29, 0.717) is 6.04 Å². The Morgan fingerprint density at radius 3 is 2.89 bits per heavy atom. The predicted molar refractivity (Wildman–Crippen MR) is 75.0 cm³/mol. The van der Waals surface area contributed by atoms with E-state index >= 15 is 0 Å². The Balaban J connectivity index is 1.65. The Kier molecular flexibility index (Phi) is 2.73. The molecular formula is C15H22N2S. The van der Waals surface area contributed by atoms with Crippen LogP contribution < -0.4 is 5.32 Å². The third-order valence-corrected chi connectivity index (χ3v) is 6.64. The molecule has 3 heteroatoms. The van der Waals surface area contributed by atoms with Gasteiger partial charge in [-0.25, -0.2) is 4.98 Å². The maximum absolute atomic E-state index is 5.06. The van der Waals surface area contributed by atoms with Gasteiger partial charge in [-0.15, -0.1) is 11.3 Å². The third kappa shape index (κ3) is 1.67. The van der Waals surface area contributed by atoms with Crippen molar-refractivity contribution in [2.45, 2.75) is 56.9 Å². The maximum atomic E-state index is 5.06. The van der Waals surface area contributed by atoms with Crippen LogP contribution in [0.25, 0.3) is 0 Å². The fourth-order valence-corrected chi connectivity index (χ4v) is 5.80. The van der Waals surface area contributed by atoms with Crippen LogP contribution >= 0.6 is 11.3 Å². The van der Waals surface area contributed by atoms with E-state index in [1.165, 1.54) is 55.6 Å². The fourth-order valence-electron chi connectivity index (χ4n) is 4.42. The number of nitrogens with one attached hydrogen (secondary N) is 1. The summed E-state index contributed by atoms with van der Waals surface area (Å²) >= 11 is 2.04. The fraction of sp³-hybridized carbons (Fsp3) is 0.800. The lowest BCUT2D eigenvalue weighted by Crippen LogP contribution is -2.21. The van der Waals surface area contributed by atoms with Crippen molar-refractivity contribution in [3.05, 3.63) is 15.6 Å². The molecule has 0 amide bonds. The lowest BCUT2D eigenvalue weighted by molar-refractivity contribution is 0.416. The minimum absolute atomic E-state index is 0.525. The predicted octanol–water partition coefficient (Wildman–Crippen LogP) is 3.64. The van der Waals surface area contributed by atoms with Gasteiger partial charge in [-0.3, -0.25) is 0 Å². The molecule has 1 aromatic heterocycles. The Bertz CT molecular complexity index is 453. The summed E-state index contributed by atoms with van der Waals surface area (Å²) in [4.78, 5) is 6.64. The van der Waals surface area contributed by atoms with Crippen LogP contribution in [0, 0.1) is 11.8 Å². The molecule has 1 heterocycles. The molecule has 2 nitrogen and oxygen atoms in total. The molecule has 0 spiro atoms. The normalized spacial score (nSPS) is 38.1. The topological polar surface area (TPSA) is 24.9 Å². The first-order chi connectivity index (χ1) is 8.85. The zero-order valence-corrected chi connectivity index (χ0v) is 11.9. The Morgan fingerprint density at radius 2 is 2.17 bits per heavy atom. The van der Waals surface area contributed by atoms with Crippen LogP contribution in [0.3, 0.4) is 0 Å². The highest BCUT2D eigenvalue weighted by molar-refractivity contribution is 7.11. The zero-order valence-electron chi connectivity index (χ0n) is 11.1. The van der Waals surface area contributed by atoms with Crippen LogP contribution in [0.5, 0.6) is 0 Å². The highest BCUT2D eigenvalue weighted by atomic mass is 32.1. The van der Waals surface area contributed by atoms with E-state index in [0.717, 1.165) is 17.8 Å². The highest BCUT2D eigenvalue weighted by Crippen LogP contribution is 2.54. The molecule has 3 aliphatic carbocycles.